The highest BCUT2D eigenvalue weighted by atomic mass is 16.2. The zero-order valence-corrected chi connectivity index (χ0v) is 10.3. The number of rotatable bonds is 5. The molecule has 0 saturated carbocycles. The number of nitrogens with zero attached hydrogens (tertiary/aromatic N) is 1. The van der Waals surface area contributed by atoms with Crippen LogP contribution in [0.1, 0.15) is 18.9 Å². The van der Waals surface area contributed by atoms with Crippen molar-refractivity contribution in [1.29, 1.82) is 0 Å². The van der Waals surface area contributed by atoms with Crippen LogP contribution in [0.15, 0.2) is 24.3 Å². The van der Waals surface area contributed by atoms with Crippen LogP contribution in [0.3, 0.4) is 0 Å². The minimum atomic E-state index is 0.143. The fourth-order valence-electron chi connectivity index (χ4n) is 1.45. The molecule has 0 aliphatic carbocycles. The standard InChI is InChI=1S/C13H20N2O/c1-4-14-10-9-13(16)15(3)12-7-5-11(2)6-8-12/h5-8,14H,4,9-10H2,1-3H3. The molecule has 0 fully saturated rings. The number of carbonyl (C=O) groups is 1. The molecule has 0 aliphatic rings. The van der Waals surface area contributed by atoms with E-state index in [1.54, 1.807) is 4.90 Å². The number of hydrogen-bond donors (Lipinski definition) is 1. The van der Waals surface area contributed by atoms with Gasteiger partial charge in [-0.1, -0.05) is 24.6 Å². The van der Waals surface area contributed by atoms with E-state index in [0.717, 1.165) is 18.8 Å². The molecule has 3 heteroatoms. The molecule has 16 heavy (non-hydrogen) atoms. The van der Waals surface area contributed by atoms with Crippen LogP contribution in [0.4, 0.5) is 5.69 Å². The van der Waals surface area contributed by atoms with Crippen molar-refractivity contribution in [3.8, 4) is 0 Å². The van der Waals surface area contributed by atoms with Gasteiger partial charge in [0, 0.05) is 25.7 Å². The van der Waals surface area contributed by atoms with Crippen molar-refractivity contribution < 1.29 is 4.79 Å². The van der Waals surface area contributed by atoms with Gasteiger partial charge in [0.25, 0.3) is 0 Å². The summed E-state index contributed by atoms with van der Waals surface area (Å²) in [7, 11) is 1.82. The summed E-state index contributed by atoms with van der Waals surface area (Å²) in [6.07, 6.45) is 0.540. The molecule has 3 nitrogen and oxygen atoms in total. The quantitative estimate of drug-likeness (QED) is 0.769. The van der Waals surface area contributed by atoms with Gasteiger partial charge in [0.2, 0.25) is 5.91 Å². The molecule has 1 aromatic carbocycles. The van der Waals surface area contributed by atoms with Crippen molar-refractivity contribution in [2.24, 2.45) is 0 Å². The first kappa shape index (κ1) is 12.7. The fraction of sp³-hybridized carbons (Fsp3) is 0.462. The molecule has 0 radical (unpaired) electrons. The third kappa shape index (κ3) is 3.66. The van der Waals surface area contributed by atoms with Gasteiger partial charge >= 0.3 is 0 Å². The first-order chi connectivity index (χ1) is 7.65. The first-order valence-corrected chi connectivity index (χ1v) is 5.69. The molecule has 1 aromatic rings. The van der Waals surface area contributed by atoms with Crippen molar-refractivity contribution in [2.75, 3.05) is 25.0 Å². The lowest BCUT2D eigenvalue weighted by molar-refractivity contribution is -0.118. The van der Waals surface area contributed by atoms with E-state index in [2.05, 4.69) is 5.32 Å². The van der Waals surface area contributed by atoms with Crippen molar-refractivity contribution >= 4 is 11.6 Å². The summed E-state index contributed by atoms with van der Waals surface area (Å²) in [5.41, 5.74) is 2.16. The molecule has 0 aromatic heterocycles. The number of nitrogens with one attached hydrogen (secondary N) is 1. The summed E-state index contributed by atoms with van der Waals surface area (Å²) >= 11 is 0. The van der Waals surface area contributed by atoms with E-state index >= 15 is 0 Å². The van der Waals surface area contributed by atoms with Crippen LogP contribution in [-0.4, -0.2) is 26.0 Å². The fourth-order valence-corrected chi connectivity index (χ4v) is 1.45. The van der Waals surface area contributed by atoms with Gasteiger partial charge in [-0.3, -0.25) is 4.79 Å². The van der Waals surface area contributed by atoms with Crippen molar-refractivity contribution in [2.45, 2.75) is 20.3 Å². The van der Waals surface area contributed by atoms with E-state index in [0.29, 0.717) is 6.42 Å². The summed E-state index contributed by atoms with van der Waals surface area (Å²) in [4.78, 5) is 13.5. The van der Waals surface area contributed by atoms with E-state index in [1.165, 1.54) is 5.56 Å². The lowest BCUT2D eigenvalue weighted by Gasteiger charge is -2.17. The Bertz CT molecular complexity index is 332. The molecule has 1 rings (SSSR count). The molecule has 0 atom stereocenters. The SMILES string of the molecule is CCNCCC(=O)N(C)c1ccc(C)cc1. The Labute approximate surface area is 97.5 Å². The maximum atomic E-state index is 11.8. The Hall–Kier alpha value is -1.35. The highest BCUT2D eigenvalue weighted by Crippen LogP contribution is 2.13. The average molecular weight is 220 g/mol. The number of amides is 1. The summed E-state index contributed by atoms with van der Waals surface area (Å²) in [5, 5.41) is 3.15. The number of anilines is 1. The number of hydrogen-bond acceptors (Lipinski definition) is 2. The molecule has 0 saturated heterocycles. The minimum Gasteiger partial charge on any atom is -0.316 e. The number of carbonyl (C=O) groups excluding carboxylic acids is 1. The smallest absolute Gasteiger partial charge is 0.227 e. The van der Waals surface area contributed by atoms with Crippen LogP contribution >= 0.6 is 0 Å². The Balaban J connectivity index is 2.53. The Morgan fingerprint density at radius 1 is 1.31 bits per heavy atom. The maximum Gasteiger partial charge on any atom is 0.227 e. The zero-order valence-electron chi connectivity index (χ0n) is 10.3. The second-order valence-corrected chi connectivity index (χ2v) is 3.89. The average Bonchev–Trinajstić information content (AvgIpc) is 2.29. The van der Waals surface area contributed by atoms with E-state index < -0.39 is 0 Å². The van der Waals surface area contributed by atoms with E-state index in [4.69, 9.17) is 0 Å². The molecule has 1 N–H and O–H groups in total. The summed E-state index contributed by atoms with van der Waals surface area (Å²) in [6.45, 7) is 5.72. The summed E-state index contributed by atoms with van der Waals surface area (Å²) in [5.74, 6) is 0.143. The van der Waals surface area contributed by atoms with E-state index in [1.807, 2.05) is 45.2 Å². The van der Waals surface area contributed by atoms with Crippen LogP contribution in [0.2, 0.25) is 0 Å². The van der Waals surface area contributed by atoms with E-state index in [-0.39, 0.29) is 5.91 Å². The third-order valence-corrected chi connectivity index (χ3v) is 2.56. The summed E-state index contributed by atoms with van der Waals surface area (Å²) < 4.78 is 0. The highest BCUT2D eigenvalue weighted by Gasteiger charge is 2.09. The Morgan fingerprint density at radius 3 is 2.50 bits per heavy atom. The second-order valence-electron chi connectivity index (χ2n) is 3.89. The van der Waals surface area contributed by atoms with Crippen molar-refractivity contribution in [1.82, 2.24) is 5.32 Å². The van der Waals surface area contributed by atoms with Crippen molar-refractivity contribution in [3.63, 3.8) is 0 Å². The third-order valence-electron chi connectivity index (χ3n) is 2.56. The van der Waals surface area contributed by atoms with Gasteiger partial charge in [-0.15, -0.1) is 0 Å². The monoisotopic (exact) mass is 220 g/mol. The normalized spacial score (nSPS) is 10.2. The van der Waals surface area contributed by atoms with Gasteiger partial charge in [-0.25, -0.2) is 0 Å². The van der Waals surface area contributed by atoms with Crippen molar-refractivity contribution in [3.05, 3.63) is 29.8 Å². The molecule has 88 valence electrons. The van der Waals surface area contributed by atoms with Crippen LogP contribution in [-0.2, 0) is 4.79 Å². The minimum absolute atomic E-state index is 0.143. The molecule has 0 unspecified atom stereocenters. The van der Waals surface area contributed by atoms with Gasteiger partial charge in [0.1, 0.15) is 0 Å². The molecule has 0 spiro atoms. The molecular weight excluding hydrogens is 200 g/mol. The lowest BCUT2D eigenvalue weighted by Crippen LogP contribution is -2.29. The predicted molar refractivity (Wildman–Crippen MR) is 67.7 cm³/mol. The van der Waals surface area contributed by atoms with Gasteiger partial charge in [-0.05, 0) is 25.6 Å². The van der Waals surface area contributed by atoms with Gasteiger partial charge in [-0.2, -0.15) is 0 Å². The number of benzene rings is 1. The molecule has 0 aliphatic heterocycles. The van der Waals surface area contributed by atoms with Crippen LogP contribution in [0.5, 0.6) is 0 Å². The zero-order chi connectivity index (χ0) is 12.0. The topological polar surface area (TPSA) is 32.3 Å². The Morgan fingerprint density at radius 2 is 1.94 bits per heavy atom. The Kier molecular flexibility index (Phi) is 4.99. The van der Waals surface area contributed by atoms with Gasteiger partial charge in [0.15, 0.2) is 0 Å². The molecule has 1 amide bonds. The largest absolute Gasteiger partial charge is 0.316 e. The predicted octanol–water partition coefficient (Wildman–Crippen LogP) is 1.96. The highest BCUT2D eigenvalue weighted by molar-refractivity contribution is 5.92. The van der Waals surface area contributed by atoms with E-state index in [9.17, 15) is 4.79 Å². The number of aryl methyl sites for hydroxylation is 1. The molecule has 0 bridgehead atoms. The maximum absolute atomic E-state index is 11.8. The van der Waals surface area contributed by atoms with Crippen LogP contribution in [0.25, 0.3) is 0 Å². The first-order valence-electron chi connectivity index (χ1n) is 5.69. The van der Waals surface area contributed by atoms with Gasteiger partial charge in [0.05, 0.1) is 0 Å². The second kappa shape index (κ2) is 6.28. The summed E-state index contributed by atoms with van der Waals surface area (Å²) in [6, 6.07) is 7.98. The van der Waals surface area contributed by atoms with Crippen LogP contribution in [0, 0.1) is 6.92 Å². The molecule has 0 heterocycles. The lowest BCUT2D eigenvalue weighted by atomic mass is 10.2. The van der Waals surface area contributed by atoms with Crippen LogP contribution < -0.4 is 10.2 Å². The molecular formula is C13H20N2O. The van der Waals surface area contributed by atoms with Gasteiger partial charge < -0.3 is 10.2 Å².